The third kappa shape index (κ3) is 9.90. The largest absolute Gasteiger partial charge is 0.396 e. The molecular formula is C16H34O2. The summed E-state index contributed by atoms with van der Waals surface area (Å²) in [5.41, 5.74) is 0. The first kappa shape index (κ1) is 17.9. The summed E-state index contributed by atoms with van der Waals surface area (Å²) in [5.74, 6) is 1.06. The van der Waals surface area contributed by atoms with E-state index in [2.05, 4.69) is 13.8 Å². The fourth-order valence-electron chi connectivity index (χ4n) is 2.42. The molecule has 0 fully saturated rings. The Labute approximate surface area is 114 Å². The first-order valence-electron chi connectivity index (χ1n) is 8.00. The van der Waals surface area contributed by atoms with E-state index in [1.165, 1.54) is 51.4 Å². The van der Waals surface area contributed by atoms with Crippen LogP contribution >= 0.6 is 0 Å². The fourth-order valence-corrected chi connectivity index (χ4v) is 2.42. The van der Waals surface area contributed by atoms with Crippen LogP contribution in [0.1, 0.15) is 78.1 Å². The van der Waals surface area contributed by atoms with Gasteiger partial charge in [-0.05, 0) is 24.7 Å². The van der Waals surface area contributed by atoms with Crippen LogP contribution in [0.2, 0.25) is 0 Å². The number of hydrogen-bond acceptors (Lipinski definition) is 2. The normalized spacial score (nSPS) is 14.7. The molecule has 0 saturated carbocycles. The summed E-state index contributed by atoms with van der Waals surface area (Å²) in [6.07, 6.45) is 12.4. The molecule has 0 aromatic carbocycles. The van der Waals surface area contributed by atoms with Crippen molar-refractivity contribution in [1.82, 2.24) is 0 Å². The number of aliphatic hydroxyl groups is 2. The number of aliphatic hydroxyl groups excluding tert-OH is 2. The average molecular weight is 258 g/mol. The van der Waals surface area contributed by atoms with Gasteiger partial charge in [0.2, 0.25) is 0 Å². The summed E-state index contributed by atoms with van der Waals surface area (Å²) in [6, 6.07) is 0. The molecule has 0 radical (unpaired) electrons. The molecule has 2 atom stereocenters. The van der Waals surface area contributed by atoms with Crippen molar-refractivity contribution in [1.29, 1.82) is 0 Å². The molecule has 2 heteroatoms. The van der Waals surface area contributed by atoms with Crippen molar-refractivity contribution < 1.29 is 10.2 Å². The van der Waals surface area contributed by atoms with Crippen LogP contribution in [-0.4, -0.2) is 23.4 Å². The van der Waals surface area contributed by atoms with Gasteiger partial charge in [0.15, 0.2) is 0 Å². The van der Waals surface area contributed by atoms with E-state index in [9.17, 15) is 0 Å². The zero-order valence-electron chi connectivity index (χ0n) is 12.5. The van der Waals surface area contributed by atoms with E-state index in [0.717, 1.165) is 12.8 Å². The minimum Gasteiger partial charge on any atom is -0.396 e. The van der Waals surface area contributed by atoms with E-state index < -0.39 is 0 Å². The maximum Gasteiger partial charge on any atom is 0.0459 e. The zero-order valence-corrected chi connectivity index (χ0v) is 12.5. The highest BCUT2D eigenvalue weighted by atomic mass is 16.3. The van der Waals surface area contributed by atoms with Gasteiger partial charge in [0.05, 0.1) is 0 Å². The van der Waals surface area contributed by atoms with Gasteiger partial charge >= 0.3 is 0 Å². The van der Waals surface area contributed by atoms with Crippen molar-refractivity contribution >= 4 is 0 Å². The van der Waals surface area contributed by atoms with Gasteiger partial charge in [-0.25, -0.2) is 0 Å². The summed E-state index contributed by atoms with van der Waals surface area (Å²) in [4.78, 5) is 0. The van der Waals surface area contributed by atoms with Crippen LogP contribution in [0.3, 0.4) is 0 Å². The predicted molar refractivity (Wildman–Crippen MR) is 78.7 cm³/mol. The lowest BCUT2D eigenvalue weighted by Crippen LogP contribution is -2.04. The van der Waals surface area contributed by atoms with Gasteiger partial charge in [-0.1, -0.05) is 65.2 Å². The first-order valence-corrected chi connectivity index (χ1v) is 8.00. The zero-order chi connectivity index (χ0) is 13.6. The molecule has 0 aliphatic rings. The van der Waals surface area contributed by atoms with Crippen molar-refractivity contribution in [2.24, 2.45) is 11.8 Å². The maximum absolute atomic E-state index is 9.08. The van der Waals surface area contributed by atoms with Gasteiger partial charge < -0.3 is 10.2 Å². The van der Waals surface area contributed by atoms with E-state index in [4.69, 9.17) is 10.2 Å². The molecule has 0 amide bonds. The van der Waals surface area contributed by atoms with Gasteiger partial charge in [0, 0.05) is 13.2 Å². The monoisotopic (exact) mass is 258 g/mol. The van der Waals surface area contributed by atoms with Gasteiger partial charge in [0.1, 0.15) is 0 Å². The molecule has 0 aliphatic heterocycles. The molecule has 0 bridgehead atoms. The number of unbranched alkanes of at least 4 members (excludes halogenated alkanes) is 5. The summed E-state index contributed by atoms with van der Waals surface area (Å²) in [7, 11) is 0. The van der Waals surface area contributed by atoms with E-state index in [0.29, 0.717) is 25.0 Å². The third-order valence-corrected chi connectivity index (χ3v) is 4.15. The highest BCUT2D eigenvalue weighted by Crippen LogP contribution is 2.16. The molecule has 18 heavy (non-hydrogen) atoms. The lowest BCUT2D eigenvalue weighted by atomic mass is 9.97. The van der Waals surface area contributed by atoms with E-state index in [1.54, 1.807) is 0 Å². The first-order chi connectivity index (χ1) is 8.78. The second-order valence-corrected chi connectivity index (χ2v) is 5.61. The Kier molecular flexibility index (Phi) is 13.3. The van der Waals surface area contributed by atoms with Gasteiger partial charge in [-0.3, -0.25) is 0 Å². The van der Waals surface area contributed by atoms with Gasteiger partial charge in [-0.15, -0.1) is 0 Å². The molecule has 2 nitrogen and oxygen atoms in total. The topological polar surface area (TPSA) is 40.5 Å². The summed E-state index contributed by atoms with van der Waals surface area (Å²) in [6.45, 7) is 5.03. The smallest absolute Gasteiger partial charge is 0.0459 e. The summed E-state index contributed by atoms with van der Waals surface area (Å²) >= 11 is 0. The molecule has 0 aromatic heterocycles. The number of hydrogen-bond donors (Lipinski definition) is 2. The Morgan fingerprint density at radius 2 is 0.944 bits per heavy atom. The molecule has 110 valence electrons. The van der Waals surface area contributed by atoms with Gasteiger partial charge in [0.25, 0.3) is 0 Å². The van der Waals surface area contributed by atoms with Crippen molar-refractivity contribution in [3.63, 3.8) is 0 Å². The Balaban J connectivity index is 3.21. The maximum atomic E-state index is 9.08. The second-order valence-electron chi connectivity index (χ2n) is 5.61. The van der Waals surface area contributed by atoms with E-state index in [-0.39, 0.29) is 0 Å². The standard InChI is InChI=1S/C16H34O2/c1-3-15(13-17)11-9-7-5-6-8-10-12-16(4-2)14-18/h15-18H,3-14H2,1-2H3. The van der Waals surface area contributed by atoms with Gasteiger partial charge in [-0.2, -0.15) is 0 Å². The molecule has 0 spiro atoms. The van der Waals surface area contributed by atoms with Crippen molar-refractivity contribution in [3.8, 4) is 0 Å². The van der Waals surface area contributed by atoms with Crippen LogP contribution in [0.15, 0.2) is 0 Å². The highest BCUT2D eigenvalue weighted by molar-refractivity contribution is 4.57. The van der Waals surface area contributed by atoms with E-state index in [1.807, 2.05) is 0 Å². The molecule has 2 N–H and O–H groups in total. The Morgan fingerprint density at radius 1 is 0.611 bits per heavy atom. The van der Waals surface area contributed by atoms with E-state index >= 15 is 0 Å². The SMILES string of the molecule is CCC(CO)CCCCCCCCC(CC)CO. The fraction of sp³-hybridized carbons (Fsp3) is 1.00. The Morgan fingerprint density at radius 3 is 1.22 bits per heavy atom. The average Bonchev–Trinajstić information content (AvgIpc) is 2.41. The summed E-state index contributed by atoms with van der Waals surface area (Å²) in [5, 5.41) is 18.2. The molecule has 0 rings (SSSR count). The molecular weight excluding hydrogens is 224 g/mol. The number of rotatable bonds is 13. The molecule has 2 unspecified atom stereocenters. The van der Waals surface area contributed by atoms with Crippen LogP contribution in [-0.2, 0) is 0 Å². The minimum absolute atomic E-state index is 0.357. The Bertz CT molecular complexity index is 133. The third-order valence-electron chi connectivity index (χ3n) is 4.15. The van der Waals surface area contributed by atoms with Crippen LogP contribution in [0.25, 0.3) is 0 Å². The van der Waals surface area contributed by atoms with Crippen molar-refractivity contribution in [2.45, 2.75) is 78.1 Å². The van der Waals surface area contributed by atoms with Crippen molar-refractivity contribution in [2.75, 3.05) is 13.2 Å². The molecule has 0 aliphatic carbocycles. The van der Waals surface area contributed by atoms with Crippen LogP contribution < -0.4 is 0 Å². The Hall–Kier alpha value is -0.0800. The highest BCUT2D eigenvalue weighted by Gasteiger charge is 2.04. The quantitative estimate of drug-likeness (QED) is 0.487. The lowest BCUT2D eigenvalue weighted by molar-refractivity contribution is 0.210. The van der Waals surface area contributed by atoms with Crippen molar-refractivity contribution in [3.05, 3.63) is 0 Å². The molecule has 0 saturated heterocycles. The molecule has 0 aromatic rings. The lowest BCUT2D eigenvalue weighted by Gasteiger charge is -2.11. The predicted octanol–water partition coefficient (Wildman–Crippen LogP) is 4.14. The van der Waals surface area contributed by atoms with Crippen LogP contribution in [0.5, 0.6) is 0 Å². The van der Waals surface area contributed by atoms with Crippen LogP contribution in [0.4, 0.5) is 0 Å². The second kappa shape index (κ2) is 13.4. The van der Waals surface area contributed by atoms with Crippen LogP contribution in [0, 0.1) is 11.8 Å². The summed E-state index contributed by atoms with van der Waals surface area (Å²) < 4.78 is 0. The minimum atomic E-state index is 0.357. The molecule has 0 heterocycles.